The SMILES string of the molecule is c1ccc(-c2cccc(-c3cc4c5c(c(-c6cccc(-c7ccccc7)c6)cc6c5c3CCC6)CCC4)c2)cc1. The van der Waals surface area contributed by atoms with Gasteiger partial charge in [0.2, 0.25) is 0 Å². The summed E-state index contributed by atoms with van der Waals surface area (Å²) in [6.45, 7) is 0. The standard InChI is InChI=1S/C40H32/c1-3-11-27(12-4-1)29-15-7-17-31(23-29)37-25-33-19-10-22-36-38(26-34-20-9-21-35(37)39(34)40(33)36)32-18-8-16-30(24-32)28-13-5-2-6-14-28/h1-8,11-18,23-26H,9-10,19-22H2. The lowest BCUT2D eigenvalue weighted by Gasteiger charge is -2.29. The minimum Gasteiger partial charge on any atom is -0.0622 e. The van der Waals surface area contributed by atoms with E-state index in [4.69, 9.17) is 0 Å². The second-order valence-corrected chi connectivity index (χ2v) is 11.5. The van der Waals surface area contributed by atoms with Gasteiger partial charge in [0.15, 0.2) is 0 Å². The van der Waals surface area contributed by atoms with Crippen LogP contribution in [0.15, 0.2) is 121 Å². The average Bonchev–Trinajstić information content (AvgIpc) is 3.04. The Balaban J connectivity index is 1.33. The number of hydrogen-bond acceptors (Lipinski definition) is 0. The fourth-order valence-electron chi connectivity index (χ4n) is 7.28. The van der Waals surface area contributed by atoms with E-state index < -0.39 is 0 Å². The van der Waals surface area contributed by atoms with E-state index in [1.807, 2.05) is 0 Å². The number of benzene rings is 6. The van der Waals surface area contributed by atoms with Crippen LogP contribution in [-0.4, -0.2) is 0 Å². The molecule has 40 heavy (non-hydrogen) atoms. The van der Waals surface area contributed by atoms with E-state index in [-0.39, 0.29) is 0 Å². The van der Waals surface area contributed by atoms with Gasteiger partial charge in [-0.05, 0) is 128 Å². The van der Waals surface area contributed by atoms with Crippen LogP contribution in [0.2, 0.25) is 0 Å². The van der Waals surface area contributed by atoms with Crippen molar-refractivity contribution in [2.45, 2.75) is 38.5 Å². The molecule has 0 saturated heterocycles. The van der Waals surface area contributed by atoms with E-state index in [9.17, 15) is 0 Å². The molecule has 0 N–H and O–H groups in total. The lowest BCUT2D eigenvalue weighted by molar-refractivity contribution is 0.788. The molecule has 6 aromatic carbocycles. The molecule has 192 valence electrons. The first-order valence-corrected chi connectivity index (χ1v) is 14.8. The molecular weight excluding hydrogens is 480 g/mol. The highest BCUT2D eigenvalue weighted by molar-refractivity contribution is 6.03. The van der Waals surface area contributed by atoms with Crippen molar-refractivity contribution in [1.29, 1.82) is 0 Å². The van der Waals surface area contributed by atoms with Crippen molar-refractivity contribution in [2.24, 2.45) is 0 Å². The molecule has 6 aromatic rings. The monoisotopic (exact) mass is 512 g/mol. The van der Waals surface area contributed by atoms with Gasteiger partial charge in [0.05, 0.1) is 0 Å². The van der Waals surface area contributed by atoms with Gasteiger partial charge in [-0.3, -0.25) is 0 Å². The molecule has 0 heteroatoms. The highest BCUT2D eigenvalue weighted by Crippen LogP contribution is 2.46. The Hall–Kier alpha value is -4.42. The first-order chi connectivity index (χ1) is 19.8. The third-order valence-corrected chi connectivity index (χ3v) is 9.09. The van der Waals surface area contributed by atoms with Crippen LogP contribution in [0.4, 0.5) is 0 Å². The second kappa shape index (κ2) is 9.65. The Morgan fingerprint density at radius 1 is 0.325 bits per heavy atom. The Labute approximate surface area is 237 Å². The van der Waals surface area contributed by atoms with Gasteiger partial charge in [-0.25, -0.2) is 0 Å². The van der Waals surface area contributed by atoms with Crippen LogP contribution in [-0.2, 0) is 25.7 Å². The van der Waals surface area contributed by atoms with Crippen LogP contribution in [0, 0.1) is 0 Å². The van der Waals surface area contributed by atoms with Gasteiger partial charge in [0.1, 0.15) is 0 Å². The van der Waals surface area contributed by atoms with Crippen molar-refractivity contribution in [3.05, 3.63) is 144 Å². The fourth-order valence-corrected chi connectivity index (χ4v) is 7.28. The third kappa shape index (κ3) is 3.90. The zero-order chi connectivity index (χ0) is 26.5. The van der Waals surface area contributed by atoms with Crippen LogP contribution < -0.4 is 0 Å². The third-order valence-electron chi connectivity index (χ3n) is 9.09. The second-order valence-electron chi connectivity index (χ2n) is 11.5. The predicted molar refractivity (Wildman–Crippen MR) is 170 cm³/mol. The molecule has 0 aliphatic heterocycles. The molecule has 0 unspecified atom stereocenters. The molecule has 0 nitrogen and oxygen atoms in total. The first kappa shape index (κ1) is 23.5. The van der Waals surface area contributed by atoms with Crippen LogP contribution in [0.1, 0.15) is 35.1 Å². The summed E-state index contributed by atoms with van der Waals surface area (Å²) in [6, 6.07) is 45.1. The Morgan fingerprint density at radius 3 is 1.18 bits per heavy atom. The minimum atomic E-state index is 1.16. The summed E-state index contributed by atoms with van der Waals surface area (Å²) in [4.78, 5) is 0. The van der Waals surface area contributed by atoms with E-state index in [1.165, 1.54) is 70.2 Å². The average molecular weight is 513 g/mol. The van der Waals surface area contributed by atoms with Crippen LogP contribution in [0.25, 0.3) is 55.3 Å². The molecule has 0 heterocycles. The summed E-state index contributed by atoms with van der Waals surface area (Å²) in [5, 5.41) is 3.14. The minimum absolute atomic E-state index is 1.16. The number of aryl methyl sites for hydroxylation is 4. The van der Waals surface area contributed by atoms with Crippen molar-refractivity contribution in [3.63, 3.8) is 0 Å². The largest absolute Gasteiger partial charge is 0.0622 e. The van der Waals surface area contributed by atoms with Gasteiger partial charge in [-0.1, -0.05) is 109 Å². The maximum atomic E-state index is 2.56. The van der Waals surface area contributed by atoms with Gasteiger partial charge in [0, 0.05) is 0 Å². The van der Waals surface area contributed by atoms with E-state index in [0.29, 0.717) is 0 Å². The van der Waals surface area contributed by atoms with E-state index in [2.05, 4.69) is 121 Å². The van der Waals surface area contributed by atoms with Crippen molar-refractivity contribution < 1.29 is 0 Å². The Morgan fingerprint density at radius 2 is 0.725 bits per heavy atom. The molecule has 2 aliphatic rings. The van der Waals surface area contributed by atoms with Gasteiger partial charge >= 0.3 is 0 Å². The van der Waals surface area contributed by atoms with Gasteiger partial charge in [-0.15, -0.1) is 0 Å². The summed E-state index contributed by atoms with van der Waals surface area (Å²) in [5.41, 5.74) is 17.0. The molecule has 0 aromatic heterocycles. The molecule has 2 aliphatic carbocycles. The van der Waals surface area contributed by atoms with E-state index in [1.54, 1.807) is 33.0 Å². The molecular formula is C40H32. The van der Waals surface area contributed by atoms with Crippen LogP contribution >= 0.6 is 0 Å². The zero-order valence-corrected chi connectivity index (χ0v) is 22.8. The van der Waals surface area contributed by atoms with Gasteiger partial charge in [-0.2, -0.15) is 0 Å². The van der Waals surface area contributed by atoms with Gasteiger partial charge < -0.3 is 0 Å². The maximum absolute atomic E-state index is 2.56. The topological polar surface area (TPSA) is 0 Å². The van der Waals surface area contributed by atoms with Crippen molar-refractivity contribution in [1.82, 2.24) is 0 Å². The molecule has 0 bridgehead atoms. The molecule has 0 spiro atoms. The first-order valence-electron chi connectivity index (χ1n) is 14.8. The molecule has 0 saturated carbocycles. The molecule has 0 radical (unpaired) electrons. The lowest BCUT2D eigenvalue weighted by Crippen LogP contribution is -2.11. The van der Waals surface area contributed by atoms with Crippen molar-refractivity contribution in [3.8, 4) is 44.5 Å². The van der Waals surface area contributed by atoms with Crippen molar-refractivity contribution in [2.75, 3.05) is 0 Å². The lowest BCUT2D eigenvalue weighted by atomic mass is 9.75. The summed E-state index contributed by atoms with van der Waals surface area (Å²) >= 11 is 0. The summed E-state index contributed by atoms with van der Waals surface area (Å²) in [5.74, 6) is 0. The fraction of sp³-hybridized carbons (Fsp3) is 0.150. The Kier molecular flexibility index (Phi) is 5.66. The van der Waals surface area contributed by atoms with E-state index in [0.717, 1.165) is 12.8 Å². The van der Waals surface area contributed by atoms with Gasteiger partial charge in [0.25, 0.3) is 0 Å². The molecule has 8 rings (SSSR count). The summed E-state index contributed by atoms with van der Waals surface area (Å²) in [6.07, 6.45) is 7.10. The summed E-state index contributed by atoms with van der Waals surface area (Å²) < 4.78 is 0. The number of hydrogen-bond donors (Lipinski definition) is 0. The maximum Gasteiger partial charge on any atom is -0.0108 e. The van der Waals surface area contributed by atoms with Crippen LogP contribution in [0.5, 0.6) is 0 Å². The molecule has 0 atom stereocenters. The number of rotatable bonds is 4. The highest BCUT2D eigenvalue weighted by Gasteiger charge is 2.26. The van der Waals surface area contributed by atoms with Crippen molar-refractivity contribution >= 4 is 10.8 Å². The smallest absolute Gasteiger partial charge is 0.0108 e. The van der Waals surface area contributed by atoms with E-state index >= 15 is 0 Å². The normalized spacial score (nSPS) is 13.9. The highest BCUT2D eigenvalue weighted by atomic mass is 14.3. The quantitative estimate of drug-likeness (QED) is 0.220. The Bertz CT molecular complexity index is 1740. The van der Waals surface area contributed by atoms with Crippen LogP contribution in [0.3, 0.4) is 0 Å². The molecule has 0 amide bonds. The predicted octanol–water partition coefficient (Wildman–Crippen LogP) is 10.5. The molecule has 0 fully saturated rings. The summed E-state index contributed by atoms with van der Waals surface area (Å²) in [7, 11) is 0. The zero-order valence-electron chi connectivity index (χ0n) is 22.8.